The summed E-state index contributed by atoms with van der Waals surface area (Å²) in [6, 6.07) is 8.86. The van der Waals surface area contributed by atoms with E-state index in [1.807, 2.05) is 0 Å². The highest BCUT2D eigenvalue weighted by Crippen LogP contribution is 2.27. The summed E-state index contributed by atoms with van der Waals surface area (Å²) in [5.74, 6) is -0.182. The Bertz CT molecular complexity index is 678. The van der Waals surface area contributed by atoms with Crippen LogP contribution < -0.4 is 5.73 Å². The van der Waals surface area contributed by atoms with Crippen molar-refractivity contribution in [3.05, 3.63) is 42.5 Å². The monoisotopic (exact) mass is 265 g/mol. The second-order valence-corrected chi connectivity index (χ2v) is 5.67. The van der Waals surface area contributed by atoms with Gasteiger partial charge in [-0.3, -0.25) is 0 Å². The predicted octanol–water partition coefficient (Wildman–Crippen LogP) is 1.51. The number of hydrogen-bond donors (Lipinski definition) is 3. The molecular formula is C12H11NO4S. The van der Waals surface area contributed by atoms with Gasteiger partial charge in [-0.05, 0) is 42.5 Å². The van der Waals surface area contributed by atoms with Gasteiger partial charge in [0.15, 0.2) is 0 Å². The lowest BCUT2D eigenvalue weighted by atomic mass is 10.3. The molecule has 0 saturated carbocycles. The number of phenolic OH excluding ortho intramolecular Hbond substituents is 2. The molecule has 0 radical (unpaired) electrons. The topological polar surface area (TPSA) is 101 Å². The van der Waals surface area contributed by atoms with Crippen molar-refractivity contribution >= 4 is 15.5 Å². The van der Waals surface area contributed by atoms with Crippen molar-refractivity contribution in [1.82, 2.24) is 0 Å². The van der Waals surface area contributed by atoms with Crippen molar-refractivity contribution < 1.29 is 18.6 Å². The Labute approximate surface area is 104 Å². The fourth-order valence-corrected chi connectivity index (χ4v) is 2.76. The zero-order valence-electron chi connectivity index (χ0n) is 9.24. The van der Waals surface area contributed by atoms with E-state index in [0.717, 1.165) is 0 Å². The Morgan fingerprint density at radius 1 is 0.889 bits per heavy atom. The van der Waals surface area contributed by atoms with E-state index in [4.69, 9.17) is 10.8 Å². The maximum Gasteiger partial charge on any atom is 0.206 e. The Morgan fingerprint density at radius 3 is 2.00 bits per heavy atom. The van der Waals surface area contributed by atoms with Gasteiger partial charge in [0.2, 0.25) is 9.84 Å². The first kappa shape index (κ1) is 12.3. The van der Waals surface area contributed by atoms with Crippen LogP contribution in [0.25, 0.3) is 0 Å². The zero-order chi connectivity index (χ0) is 13.3. The Balaban J connectivity index is 2.54. The first-order valence-corrected chi connectivity index (χ1v) is 6.52. The van der Waals surface area contributed by atoms with Gasteiger partial charge in [-0.2, -0.15) is 0 Å². The molecular weight excluding hydrogens is 254 g/mol. The smallest absolute Gasteiger partial charge is 0.206 e. The number of nitrogens with two attached hydrogens (primary N) is 1. The molecule has 0 bridgehead atoms. The average Bonchev–Trinajstić information content (AvgIpc) is 2.33. The summed E-state index contributed by atoms with van der Waals surface area (Å²) in [5, 5.41) is 18.4. The third-order valence-electron chi connectivity index (χ3n) is 2.46. The molecule has 0 fully saturated rings. The summed E-state index contributed by atoms with van der Waals surface area (Å²) in [6.07, 6.45) is 0. The lowest BCUT2D eigenvalue weighted by molar-refractivity contribution is 0.474. The van der Waals surface area contributed by atoms with E-state index >= 15 is 0 Å². The van der Waals surface area contributed by atoms with Crippen LogP contribution in [0.2, 0.25) is 0 Å². The summed E-state index contributed by atoms with van der Waals surface area (Å²) >= 11 is 0. The van der Waals surface area contributed by atoms with E-state index in [-0.39, 0.29) is 27.0 Å². The molecule has 0 atom stereocenters. The maximum atomic E-state index is 12.2. The third kappa shape index (κ3) is 2.10. The Kier molecular flexibility index (Phi) is 2.88. The Hall–Kier alpha value is -2.21. The summed E-state index contributed by atoms with van der Waals surface area (Å²) < 4.78 is 24.4. The second-order valence-electron chi connectivity index (χ2n) is 3.72. The minimum absolute atomic E-state index is 0.00477. The van der Waals surface area contributed by atoms with Crippen LogP contribution in [0.1, 0.15) is 0 Å². The van der Waals surface area contributed by atoms with E-state index in [9.17, 15) is 13.5 Å². The predicted molar refractivity (Wildman–Crippen MR) is 66.1 cm³/mol. The molecule has 0 aliphatic heterocycles. The molecule has 5 nitrogen and oxygen atoms in total. The number of nitrogen functional groups attached to an aromatic ring is 1. The summed E-state index contributed by atoms with van der Waals surface area (Å²) in [5.41, 5.74) is 5.46. The van der Waals surface area contributed by atoms with Gasteiger partial charge in [0.1, 0.15) is 11.5 Å². The van der Waals surface area contributed by atoms with E-state index in [1.165, 1.54) is 42.5 Å². The molecule has 6 heteroatoms. The molecule has 0 spiro atoms. The average molecular weight is 265 g/mol. The van der Waals surface area contributed by atoms with E-state index in [1.54, 1.807) is 0 Å². The van der Waals surface area contributed by atoms with Crippen LogP contribution in [0.5, 0.6) is 11.5 Å². The number of aromatic hydroxyl groups is 2. The SMILES string of the molecule is Nc1cc(S(=O)(=O)c2ccc(O)cc2)ccc1O. The normalized spacial score (nSPS) is 11.3. The van der Waals surface area contributed by atoms with Crippen LogP contribution in [0.4, 0.5) is 5.69 Å². The molecule has 2 aromatic rings. The molecule has 0 heterocycles. The molecule has 0 amide bonds. The summed E-state index contributed by atoms with van der Waals surface area (Å²) in [4.78, 5) is 0.0360. The Morgan fingerprint density at radius 2 is 1.44 bits per heavy atom. The van der Waals surface area contributed by atoms with Gasteiger partial charge in [-0.1, -0.05) is 0 Å². The molecule has 4 N–H and O–H groups in total. The first-order chi connectivity index (χ1) is 8.41. The fraction of sp³-hybridized carbons (Fsp3) is 0. The number of benzene rings is 2. The lowest BCUT2D eigenvalue weighted by Crippen LogP contribution is -2.02. The highest BCUT2D eigenvalue weighted by molar-refractivity contribution is 7.91. The molecule has 0 saturated heterocycles. The summed E-state index contributed by atoms with van der Waals surface area (Å²) in [7, 11) is -3.70. The highest BCUT2D eigenvalue weighted by atomic mass is 32.2. The van der Waals surface area contributed by atoms with E-state index in [2.05, 4.69) is 0 Å². The molecule has 0 aliphatic rings. The van der Waals surface area contributed by atoms with E-state index in [0.29, 0.717) is 0 Å². The minimum atomic E-state index is -3.70. The number of sulfone groups is 1. The molecule has 2 aromatic carbocycles. The number of rotatable bonds is 2. The molecule has 2 rings (SSSR count). The number of phenols is 2. The highest BCUT2D eigenvalue weighted by Gasteiger charge is 2.18. The van der Waals surface area contributed by atoms with Gasteiger partial charge >= 0.3 is 0 Å². The third-order valence-corrected chi connectivity index (χ3v) is 4.22. The first-order valence-electron chi connectivity index (χ1n) is 5.04. The standard InChI is InChI=1S/C12H11NO4S/c13-11-7-10(5-6-12(11)15)18(16,17)9-3-1-8(14)2-4-9/h1-7,14-15H,13H2. The number of anilines is 1. The van der Waals surface area contributed by atoms with Crippen LogP contribution in [0.15, 0.2) is 52.3 Å². The van der Waals surface area contributed by atoms with Crippen LogP contribution in [0.3, 0.4) is 0 Å². The molecule has 0 unspecified atom stereocenters. The van der Waals surface area contributed by atoms with Crippen LogP contribution in [0, 0.1) is 0 Å². The number of hydrogen-bond acceptors (Lipinski definition) is 5. The van der Waals surface area contributed by atoms with Crippen molar-refractivity contribution in [1.29, 1.82) is 0 Å². The van der Waals surface area contributed by atoms with Gasteiger partial charge in [0.05, 0.1) is 15.5 Å². The second kappa shape index (κ2) is 4.23. The van der Waals surface area contributed by atoms with Crippen LogP contribution in [-0.4, -0.2) is 18.6 Å². The van der Waals surface area contributed by atoms with Crippen LogP contribution in [-0.2, 0) is 9.84 Å². The summed E-state index contributed by atoms with van der Waals surface area (Å²) in [6.45, 7) is 0. The van der Waals surface area contributed by atoms with Crippen molar-refractivity contribution in [2.45, 2.75) is 9.79 Å². The molecule has 0 aliphatic carbocycles. The molecule has 18 heavy (non-hydrogen) atoms. The van der Waals surface area contributed by atoms with Gasteiger partial charge in [0.25, 0.3) is 0 Å². The van der Waals surface area contributed by atoms with Crippen LogP contribution >= 0.6 is 0 Å². The lowest BCUT2D eigenvalue weighted by Gasteiger charge is -2.06. The minimum Gasteiger partial charge on any atom is -0.508 e. The van der Waals surface area contributed by atoms with Gasteiger partial charge in [0, 0.05) is 0 Å². The van der Waals surface area contributed by atoms with Gasteiger partial charge in [-0.25, -0.2) is 8.42 Å². The largest absolute Gasteiger partial charge is 0.508 e. The van der Waals surface area contributed by atoms with Crippen molar-refractivity contribution in [2.75, 3.05) is 5.73 Å². The molecule has 0 aromatic heterocycles. The maximum absolute atomic E-state index is 12.2. The fourth-order valence-electron chi connectivity index (χ4n) is 1.46. The van der Waals surface area contributed by atoms with E-state index < -0.39 is 9.84 Å². The van der Waals surface area contributed by atoms with Gasteiger partial charge in [-0.15, -0.1) is 0 Å². The molecule has 94 valence electrons. The van der Waals surface area contributed by atoms with Crippen molar-refractivity contribution in [2.24, 2.45) is 0 Å². The van der Waals surface area contributed by atoms with Gasteiger partial charge < -0.3 is 15.9 Å². The van der Waals surface area contributed by atoms with Crippen molar-refractivity contribution in [3.63, 3.8) is 0 Å². The van der Waals surface area contributed by atoms with Crippen molar-refractivity contribution in [3.8, 4) is 11.5 Å². The quantitative estimate of drug-likeness (QED) is 0.564. The zero-order valence-corrected chi connectivity index (χ0v) is 10.1.